The molecule has 26 heavy (non-hydrogen) atoms. The highest BCUT2D eigenvalue weighted by Gasteiger charge is 2.19. The van der Waals surface area contributed by atoms with E-state index in [0.717, 1.165) is 43.2 Å². The number of piperazine rings is 1. The molecule has 0 saturated carbocycles. The van der Waals surface area contributed by atoms with Crippen LogP contribution >= 0.6 is 11.3 Å². The normalized spacial score (nSPS) is 15.5. The number of carbonyl (C=O) groups is 1. The van der Waals surface area contributed by atoms with E-state index in [-0.39, 0.29) is 5.91 Å². The average molecular weight is 369 g/mol. The minimum absolute atomic E-state index is 0.0391. The number of rotatable bonds is 5. The Balaban J connectivity index is 1.32. The van der Waals surface area contributed by atoms with Crippen molar-refractivity contribution in [1.82, 2.24) is 20.2 Å². The zero-order valence-corrected chi connectivity index (χ0v) is 15.7. The van der Waals surface area contributed by atoms with Crippen LogP contribution in [0.2, 0.25) is 0 Å². The molecule has 3 heterocycles. The molecule has 7 heteroatoms. The van der Waals surface area contributed by atoms with Crippen molar-refractivity contribution in [2.75, 3.05) is 44.7 Å². The van der Waals surface area contributed by atoms with Gasteiger partial charge in [0.2, 0.25) is 0 Å². The summed E-state index contributed by atoms with van der Waals surface area (Å²) in [6.07, 6.45) is 4.52. The fourth-order valence-electron chi connectivity index (χ4n) is 3.25. The fourth-order valence-corrected chi connectivity index (χ4v) is 4.13. The third-order valence-electron chi connectivity index (χ3n) is 4.85. The molecule has 1 aromatic carbocycles. The van der Waals surface area contributed by atoms with E-state index in [1.165, 1.54) is 22.3 Å². The smallest absolute Gasteiger partial charge is 0.263 e. The summed E-state index contributed by atoms with van der Waals surface area (Å²) in [5, 5.41) is 5.18. The predicted octanol–water partition coefficient (Wildman–Crippen LogP) is 2.35. The van der Waals surface area contributed by atoms with Crippen molar-refractivity contribution in [2.45, 2.75) is 6.42 Å². The van der Waals surface area contributed by atoms with E-state index in [2.05, 4.69) is 44.3 Å². The number of carbonyl (C=O) groups excluding carboxylic acids is 1. The van der Waals surface area contributed by atoms with Crippen molar-refractivity contribution >= 4 is 33.3 Å². The van der Waals surface area contributed by atoms with Crippen molar-refractivity contribution < 1.29 is 4.79 Å². The topological polar surface area (TPSA) is 64.3 Å². The zero-order valence-electron chi connectivity index (χ0n) is 14.9. The van der Waals surface area contributed by atoms with Gasteiger partial charge in [0.1, 0.15) is 4.88 Å². The van der Waals surface area contributed by atoms with Gasteiger partial charge in [-0.25, -0.2) is 4.98 Å². The molecule has 0 spiro atoms. The molecule has 6 nitrogen and oxygen atoms in total. The monoisotopic (exact) mass is 369 g/mol. The number of nitrogens with one attached hydrogen (secondary N) is 2. The molecule has 3 aromatic rings. The number of anilines is 1. The van der Waals surface area contributed by atoms with Crippen LogP contribution in [0.25, 0.3) is 10.9 Å². The molecule has 4 rings (SSSR count). The molecule has 0 bridgehead atoms. The number of benzene rings is 1. The number of hydrogen-bond acceptors (Lipinski definition) is 5. The molecule has 2 aromatic heterocycles. The highest BCUT2D eigenvalue weighted by atomic mass is 32.1. The number of H-pyrrole nitrogens is 1. The van der Waals surface area contributed by atoms with E-state index >= 15 is 0 Å². The second-order valence-electron chi connectivity index (χ2n) is 6.66. The summed E-state index contributed by atoms with van der Waals surface area (Å²) in [4.78, 5) is 25.4. The molecule has 0 atom stereocenters. The number of amides is 1. The van der Waals surface area contributed by atoms with Crippen LogP contribution in [-0.4, -0.2) is 60.5 Å². The van der Waals surface area contributed by atoms with Gasteiger partial charge in [-0.05, 0) is 25.1 Å². The van der Waals surface area contributed by atoms with E-state index in [4.69, 9.17) is 0 Å². The van der Waals surface area contributed by atoms with E-state index < -0.39 is 0 Å². The Labute approximate surface area is 156 Å². The third-order valence-corrected chi connectivity index (χ3v) is 5.90. The Morgan fingerprint density at radius 3 is 2.92 bits per heavy atom. The van der Waals surface area contributed by atoms with Crippen molar-refractivity contribution in [3.8, 4) is 0 Å². The zero-order chi connectivity index (χ0) is 17.9. The van der Waals surface area contributed by atoms with Gasteiger partial charge in [0.05, 0.1) is 6.20 Å². The standard InChI is InChI=1S/C19H23N5OS/c1-23-8-10-24(11-9-23)19-22-13-17(26-19)18(25)20-7-6-14-12-21-16-5-3-2-4-15(14)16/h2-5,12-13,21H,6-11H2,1H3,(H,20,25). The Morgan fingerprint density at radius 2 is 2.08 bits per heavy atom. The minimum Gasteiger partial charge on any atom is -0.361 e. The van der Waals surface area contributed by atoms with Gasteiger partial charge in [-0.15, -0.1) is 0 Å². The Kier molecular flexibility index (Phi) is 4.90. The Hall–Kier alpha value is -2.38. The highest BCUT2D eigenvalue weighted by Crippen LogP contribution is 2.23. The van der Waals surface area contributed by atoms with Crippen molar-refractivity contribution in [1.29, 1.82) is 0 Å². The van der Waals surface area contributed by atoms with Crippen LogP contribution in [0.1, 0.15) is 15.2 Å². The van der Waals surface area contributed by atoms with Crippen LogP contribution in [0, 0.1) is 0 Å². The van der Waals surface area contributed by atoms with Crippen LogP contribution in [0.5, 0.6) is 0 Å². The second kappa shape index (κ2) is 7.47. The number of aromatic amines is 1. The van der Waals surface area contributed by atoms with E-state index in [9.17, 15) is 4.79 Å². The maximum atomic E-state index is 12.4. The molecule has 1 fully saturated rings. The number of thiazole rings is 1. The van der Waals surface area contributed by atoms with E-state index in [1.807, 2.05) is 18.3 Å². The molecule has 1 amide bonds. The quantitative estimate of drug-likeness (QED) is 0.725. The van der Waals surface area contributed by atoms with Gasteiger partial charge in [-0.3, -0.25) is 4.79 Å². The lowest BCUT2D eigenvalue weighted by Crippen LogP contribution is -2.44. The maximum Gasteiger partial charge on any atom is 0.263 e. The maximum absolute atomic E-state index is 12.4. The van der Waals surface area contributed by atoms with Crippen LogP contribution in [0.3, 0.4) is 0 Å². The number of fused-ring (bicyclic) bond motifs is 1. The molecule has 1 saturated heterocycles. The van der Waals surface area contributed by atoms with E-state index in [0.29, 0.717) is 11.4 Å². The fraction of sp³-hybridized carbons (Fsp3) is 0.368. The van der Waals surface area contributed by atoms with Crippen molar-refractivity contribution in [2.24, 2.45) is 0 Å². The first-order valence-corrected chi connectivity index (χ1v) is 9.75. The van der Waals surface area contributed by atoms with Gasteiger partial charge in [-0.2, -0.15) is 0 Å². The first kappa shape index (κ1) is 17.1. The summed E-state index contributed by atoms with van der Waals surface area (Å²) in [5.74, 6) is -0.0391. The average Bonchev–Trinajstić information content (AvgIpc) is 3.30. The number of aromatic nitrogens is 2. The molecule has 0 aliphatic carbocycles. The van der Waals surface area contributed by atoms with Gasteiger partial charge in [0.25, 0.3) is 5.91 Å². The number of para-hydroxylation sites is 1. The first-order chi connectivity index (χ1) is 12.7. The number of nitrogens with zero attached hydrogens (tertiary/aromatic N) is 3. The highest BCUT2D eigenvalue weighted by molar-refractivity contribution is 7.17. The van der Waals surface area contributed by atoms with Gasteiger partial charge < -0.3 is 20.1 Å². The summed E-state index contributed by atoms with van der Waals surface area (Å²) < 4.78 is 0. The number of hydrogen-bond donors (Lipinski definition) is 2. The van der Waals surface area contributed by atoms with Crippen LogP contribution in [0.15, 0.2) is 36.7 Å². The first-order valence-electron chi connectivity index (χ1n) is 8.93. The van der Waals surface area contributed by atoms with Crippen molar-refractivity contribution in [3.05, 3.63) is 47.1 Å². The summed E-state index contributed by atoms with van der Waals surface area (Å²) in [7, 11) is 2.13. The molecule has 1 aliphatic rings. The Bertz CT molecular complexity index is 894. The van der Waals surface area contributed by atoms with Crippen LogP contribution in [0.4, 0.5) is 5.13 Å². The van der Waals surface area contributed by atoms with Crippen LogP contribution < -0.4 is 10.2 Å². The minimum atomic E-state index is -0.0391. The lowest BCUT2D eigenvalue weighted by Gasteiger charge is -2.32. The molecule has 2 N–H and O–H groups in total. The lowest BCUT2D eigenvalue weighted by atomic mass is 10.1. The van der Waals surface area contributed by atoms with Gasteiger partial charge in [-0.1, -0.05) is 29.5 Å². The van der Waals surface area contributed by atoms with Gasteiger partial charge in [0.15, 0.2) is 5.13 Å². The summed E-state index contributed by atoms with van der Waals surface area (Å²) in [6.45, 7) is 4.61. The SMILES string of the molecule is CN1CCN(c2ncc(C(=O)NCCc3c[nH]c4ccccc34)s2)CC1. The second-order valence-corrected chi connectivity index (χ2v) is 7.67. The molecular weight excluding hydrogens is 346 g/mol. The predicted molar refractivity (Wildman–Crippen MR) is 106 cm³/mol. The van der Waals surface area contributed by atoms with Crippen LogP contribution in [-0.2, 0) is 6.42 Å². The molecular formula is C19H23N5OS. The molecule has 0 unspecified atom stereocenters. The third kappa shape index (κ3) is 3.59. The summed E-state index contributed by atoms with van der Waals surface area (Å²) in [6, 6.07) is 8.23. The van der Waals surface area contributed by atoms with Gasteiger partial charge >= 0.3 is 0 Å². The summed E-state index contributed by atoms with van der Waals surface area (Å²) in [5.41, 5.74) is 2.36. The largest absolute Gasteiger partial charge is 0.361 e. The lowest BCUT2D eigenvalue weighted by molar-refractivity contribution is 0.0958. The summed E-state index contributed by atoms with van der Waals surface area (Å²) >= 11 is 1.48. The molecule has 136 valence electrons. The molecule has 1 aliphatic heterocycles. The molecule has 0 radical (unpaired) electrons. The van der Waals surface area contributed by atoms with Gasteiger partial charge in [0, 0.05) is 49.8 Å². The van der Waals surface area contributed by atoms with Crippen molar-refractivity contribution in [3.63, 3.8) is 0 Å². The number of likely N-dealkylation sites (N-methyl/N-ethyl adjacent to an activating group) is 1. The Morgan fingerprint density at radius 1 is 1.27 bits per heavy atom. The van der Waals surface area contributed by atoms with E-state index in [1.54, 1.807) is 6.20 Å².